The van der Waals surface area contributed by atoms with E-state index in [-0.39, 0.29) is 11.5 Å². The number of hydrogen-bond acceptors (Lipinski definition) is 4. The largest absolute Gasteiger partial charge is 0.507 e. The summed E-state index contributed by atoms with van der Waals surface area (Å²) < 4.78 is 0. The normalized spacial score (nSPS) is 12.0. The third-order valence-electron chi connectivity index (χ3n) is 3.26. The Balaban J connectivity index is 1.81. The summed E-state index contributed by atoms with van der Waals surface area (Å²) >= 11 is 0. The maximum Gasteiger partial charge on any atom is 0.124 e. The van der Waals surface area contributed by atoms with E-state index >= 15 is 0 Å². The molecule has 0 aliphatic carbocycles. The topological polar surface area (TPSA) is 65.2 Å². The van der Waals surface area contributed by atoms with Crippen molar-refractivity contribution in [2.75, 3.05) is 13.1 Å². The van der Waals surface area contributed by atoms with Crippen molar-refractivity contribution in [1.82, 2.24) is 0 Å². The maximum atomic E-state index is 9.75. The zero-order valence-electron chi connectivity index (χ0n) is 12.6. The Kier molecular flexibility index (Phi) is 5.72. The Labute approximate surface area is 130 Å². The quantitative estimate of drug-likeness (QED) is 0.633. The average molecular weight is 296 g/mol. The second-order valence-electron chi connectivity index (χ2n) is 4.93. The molecule has 0 fully saturated rings. The van der Waals surface area contributed by atoms with Crippen LogP contribution in [0.15, 0.2) is 58.5 Å². The highest BCUT2D eigenvalue weighted by Gasteiger charge is 2.02. The number of phenolic OH excluding ortho intramolecular Hbond substituents is 2. The number of hydrogen-bond donors (Lipinski definition) is 2. The highest BCUT2D eigenvalue weighted by atomic mass is 16.3. The van der Waals surface area contributed by atoms with Crippen molar-refractivity contribution in [2.24, 2.45) is 9.98 Å². The molecule has 0 aliphatic heterocycles. The molecule has 2 aromatic rings. The Morgan fingerprint density at radius 2 is 1.64 bits per heavy atom. The number of rotatable bonds is 6. The SMILES string of the molecule is CC(=NCCCN=Cc1ccccc1O)c1ccccc1O. The van der Waals surface area contributed by atoms with Crippen molar-refractivity contribution in [3.63, 3.8) is 0 Å². The fourth-order valence-electron chi connectivity index (χ4n) is 2.03. The van der Waals surface area contributed by atoms with E-state index in [4.69, 9.17) is 0 Å². The summed E-state index contributed by atoms with van der Waals surface area (Å²) in [5.74, 6) is 0.487. The number of aromatic hydroxyl groups is 2. The van der Waals surface area contributed by atoms with Crippen LogP contribution in [0.25, 0.3) is 0 Å². The molecular formula is C18H20N2O2. The second kappa shape index (κ2) is 7.98. The first kappa shape index (κ1) is 15.8. The van der Waals surface area contributed by atoms with Gasteiger partial charge in [0.2, 0.25) is 0 Å². The number of nitrogens with zero attached hydrogens (tertiary/aromatic N) is 2. The molecule has 0 amide bonds. The van der Waals surface area contributed by atoms with Crippen molar-refractivity contribution in [2.45, 2.75) is 13.3 Å². The standard InChI is InChI=1S/C18H20N2O2/c1-14(16-8-3-5-10-18(16)22)20-12-6-11-19-13-15-7-2-4-9-17(15)21/h2-5,7-10,13,21-22H,6,11-12H2,1H3. The first-order valence-electron chi connectivity index (χ1n) is 7.25. The van der Waals surface area contributed by atoms with Crippen molar-refractivity contribution in [3.05, 3.63) is 59.7 Å². The summed E-state index contributed by atoms with van der Waals surface area (Å²) in [6, 6.07) is 14.3. The number of para-hydroxylation sites is 2. The van der Waals surface area contributed by atoms with Crippen LogP contribution in [0.4, 0.5) is 0 Å². The molecular weight excluding hydrogens is 276 g/mol. The summed E-state index contributed by atoms with van der Waals surface area (Å²) in [4.78, 5) is 8.74. The minimum Gasteiger partial charge on any atom is -0.507 e. The van der Waals surface area contributed by atoms with Gasteiger partial charge in [-0.3, -0.25) is 9.98 Å². The lowest BCUT2D eigenvalue weighted by Crippen LogP contribution is -1.98. The van der Waals surface area contributed by atoms with Crippen LogP contribution in [0.3, 0.4) is 0 Å². The van der Waals surface area contributed by atoms with E-state index in [0.717, 1.165) is 23.3 Å². The fourth-order valence-corrected chi connectivity index (χ4v) is 2.03. The minimum atomic E-state index is 0.236. The van der Waals surface area contributed by atoms with Crippen molar-refractivity contribution < 1.29 is 10.2 Å². The van der Waals surface area contributed by atoms with Gasteiger partial charge in [0.1, 0.15) is 11.5 Å². The predicted octanol–water partition coefficient (Wildman–Crippen LogP) is 3.42. The summed E-state index contributed by atoms with van der Waals surface area (Å²) in [5.41, 5.74) is 2.30. The lowest BCUT2D eigenvalue weighted by molar-refractivity contribution is 0.473. The van der Waals surface area contributed by atoms with E-state index in [1.54, 1.807) is 30.5 Å². The maximum absolute atomic E-state index is 9.75. The van der Waals surface area contributed by atoms with Crippen LogP contribution in [-0.4, -0.2) is 35.2 Å². The molecule has 0 radical (unpaired) electrons. The van der Waals surface area contributed by atoms with Crippen molar-refractivity contribution >= 4 is 11.9 Å². The highest BCUT2D eigenvalue weighted by Crippen LogP contribution is 2.16. The smallest absolute Gasteiger partial charge is 0.124 e. The van der Waals surface area contributed by atoms with Crippen LogP contribution in [0.2, 0.25) is 0 Å². The summed E-state index contributed by atoms with van der Waals surface area (Å²) in [7, 11) is 0. The van der Waals surface area contributed by atoms with E-state index in [9.17, 15) is 10.2 Å². The van der Waals surface area contributed by atoms with Gasteiger partial charge in [0.25, 0.3) is 0 Å². The molecule has 22 heavy (non-hydrogen) atoms. The zero-order valence-corrected chi connectivity index (χ0v) is 12.6. The molecule has 114 valence electrons. The van der Waals surface area contributed by atoms with Crippen LogP contribution < -0.4 is 0 Å². The second-order valence-corrected chi connectivity index (χ2v) is 4.93. The van der Waals surface area contributed by atoms with Crippen molar-refractivity contribution in [1.29, 1.82) is 0 Å². The van der Waals surface area contributed by atoms with Gasteiger partial charge >= 0.3 is 0 Å². The molecule has 0 saturated heterocycles. The van der Waals surface area contributed by atoms with Crippen LogP contribution in [0, 0.1) is 0 Å². The molecule has 4 heteroatoms. The Morgan fingerprint density at radius 1 is 0.955 bits per heavy atom. The van der Waals surface area contributed by atoms with E-state index in [1.807, 2.05) is 31.2 Å². The van der Waals surface area contributed by atoms with Gasteiger partial charge < -0.3 is 10.2 Å². The molecule has 0 heterocycles. The molecule has 2 aromatic carbocycles. The lowest BCUT2D eigenvalue weighted by atomic mass is 10.1. The number of phenols is 2. The molecule has 0 bridgehead atoms. The minimum absolute atomic E-state index is 0.236. The van der Waals surface area contributed by atoms with Gasteiger partial charge in [-0.2, -0.15) is 0 Å². The molecule has 0 aliphatic rings. The highest BCUT2D eigenvalue weighted by molar-refractivity contribution is 6.00. The molecule has 0 atom stereocenters. The van der Waals surface area contributed by atoms with Gasteiger partial charge in [-0.05, 0) is 37.6 Å². The van der Waals surface area contributed by atoms with Crippen LogP contribution >= 0.6 is 0 Å². The summed E-state index contributed by atoms with van der Waals surface area (Å²) in [5, 5.41) is 19.3. The Morgan fingerprint density at radius 3 is 2.36 bits per heavy atom. The monoisotopic (exact) mass is 296 g/mol. The molecule has 2 N–H and O–H groups in total. The van der Waals surface area contributed by atoms with Gasteiger partial charge in [0, 0.05) is 36.1 Å². The molecule has 4 nitrogen and oxygen atoms in total. The average Bonchev–Trinajstić information content (AvgIpc) is 2.52. The van der Waals surface area contributed by atoms with Gasteiger partial charge in [-0.1, -0.05) is 24.3 Å². The van der Waals surface area contributed by atoms with Crippen LogP contribution in [0.5, 0.6) is 11.5 Å². The number of aliphatic imine (C=N–C) groups is 2. The van der Waals surface area contributed by atoms with E-state index in [2.05, 4.69) is 9.98 Å². The molecule has 0 aromatic heterocycles. The van der Waals surface area contributed by atoms with Crippen LogP contribution in [0.1, 0.15) is 24.5 Å². The summed E-state index contributed by atoms with van der Waals surface area (Å²) in [6.45, 7) is 3.19. The third kappa shape index (κ3) is 4.45. The van der Waals surface area contributed by atoms with Gasteiger partial charge in [0.15, 0.2) is 0 Å². The predicted molar refractivity (Wildman–Crippen MR) is 90.4 cm³/mol. The number of benzene rings is 2. The van der Waals surface area contributed by atoms with Crippen LogP contribution in [-0.2, 0) is 0 Å². The van der Waals surface area contributed by atoms with Gasteiger partial charge in [-0.15, -0.1) is 0 Å². The van der Waals surface area contributed by atoms with E-state index < -0.39 is 0 Å². The van der Waals surface area contributed by atoms with Gasteiger partial charge in [0.05, 0.1) is 0 Å². The molecule has 2 rings (SSSR count). The summed E-state index contributed by atoms with van der Waals surface area (Å²) in [6.07, 6.45) is 2.49. The molecule has 0 unspecified atom stereocenters. The van der Waals surface area contributed by atoms with Gasteiger partial charge in [-0.25, -0.2) is 0 Å². The Bertz CT molecular complexity index is 678. The van der Waals surface area contributed by atoms with E-state index in [0.29, 0.717) is 13.1 Å². The molecule has 0 saturated carbocycles. The molecule has 0 spiro atoms. The zero-order chi connectivity index (χ0) is 15.8. The lowest BCUT2D eigenvalue weighted by Gasteiger charge is -2.03. The fraction of sp³-hybridized carbons (Fsp3) is 0.222. The first-order valence-corrected chi connectivity index (χ1v) is 7.25. The van der Waals surface area contributed by atoms with E-state index in [1.165, 1.54) is 0 Å². The third-order valence-corrected chi connectivity index (χ3v) is 3.26. The first-order chi connectivity index (χ1) is 10.7. The van der Waals surface area contributed by atoms with Crippen molar-refractivity contribution in [3.8, 4) is 11.5 Å². The Hall–Kier alpha value is -2.62.